The second kappa shape index (κ2) is 5.25. The second-order valence-electron chi connectivity index (χ2n) is 3.50. The van der Waals surface area contributed by atoms with Gasteiger partial charge in [0.25, 0.3) is 0 Å². The van der Waals surface area contributed by atoms with E-state index in [2.05, 4.69) is 15.9 Å². The van der Waals surface area contributed by atoms with Crippen LogP contribution in [0.2, 0.25) is 5.02 Å². The highest BCUT2D eigenvalue weighted by molar-refractivity contribution is 9.11. The van der Waals surface area contributed by atoms with Crippen molar-refractivity contribution in [3.05, 3.63) is 43.8 Å². The van der Waals surface area contributed by atoms with Gasteiger partial charge < -0.3 is 9.67 Å². The van der Waals surface area contributed by atoms with Gasteiger partial charge in [0.1, 0.15) is 5.69 Å². The molecule has 0 unspecified atom stereocenters. The summed E-state index contributed by atoms with van der Waals surface area (Å²) in [7, 11) is 0. The van der Waals surface area contributed by atoms with E-state index in [9.17, 15) is 4.79 Å². The summed E-state index contributed by atoms with van der Waals surface area (Å²) in [5.41, 5.74) is 0.227. The van der Waals surface area contributed by atoms with Crippen LogP contribution >= 0.6 is 38.9 Å². The molecule has 2 rings (SSSR count). The van der Waals surface area contributed by atoms with Crippen LogP contribution in [0.15, 0.2) is 28.2 Å². The first-order valence-electron chi connectivity index (χ1n) is 4.89. The lowest BCUT2D eigenvalue weighted by Crippen LogP contribution is -2.08. The van der Waals surface area contributed by atoms with E-state index in [4.69, 9.17) is 16.7 Å². The molecule has 3 nitrogen and oxygen atoms in total. The molecule has 0 aliphatic carbocycles. The Morgan fingerprint density at radius 1 is 1.53 bits per heavy atom. The van der Waals surface area contributed by atoms with Gasteiger partial charge in [-0.2, -0.15) is 0 Å². The minimum absolute atomic E-state index is 0.227. The van der Waals surface area contributed by atoms with Gasteiger partial charge in [0.2, 0.25) is 0 Å². The molecule has 0 spiro atoms. The molecule has 17 heavy (non-hydrogen) atoms. The predicted molar refractivity (Wildman–Crippen MR) is 72.1 cm³/mol. The zero-order valence-electron chi connectivity index (χ0n) is 8.69. The Morgan fingerprint density at radius 3 is 2.88 bits per heavy atom. The molecule has 2 aromatic heterocycles. The van der Waals surface area contributed by atoms with Crippen LogP contribution in [0.3, 0.4) is 0 Å². The highest BCUT2D eigenvalue weighted by atomic mass is 79.9. The number of aryl methyl sites for hydroxylation is 2. The molecule has 0 bridgehead atoms. The van der Waals surface area contributed by atoms with Crippen LogP contribution in [-0.4, -0.2) is 15.6 Å². The number of carboxylic acids is 1. The SMILES string of the molecule is O=C(O)c1cc(Cl)cn1CCc1ccc(Br)s1. The normalized spacial score (nSPS) is 10.7. The van der Waals surface area contributed by atoms with Crippen molar-refractivity contribution in [3.63, 3.8) is 0 Å². The van der Waals surface area contributed by atoms with Gasteiger partial charge in [-0.3, -0.25) is 0 Å². The zero-order valence-corrected chi connectivity index (χ0v) is 11.8. The number of aromatic carboxylic acids is 1. The molecule has 0 atom stereocenters. The van der Waals surface area contributed by atoms with E-state index in [1.54, 1.807) is 22.1 Å². The zero-order chi connectivity index (χ0) is 12.4. The van der Waals surface area contributed by atoms with Crippen LogP contribution in [0, 0.1) is 0 Å². The summed E-state index contributed by atoms with van der Waals surface area (Å²) < 4.78 is 2.75. The van der Waals surface area contributed by atoms with E-state index in [1.807, 2.05) is 12.1 Å². The number of aromatic nitrogens is 1. The maximum Gasteiger partial charge on any atom is 0.352 e. The second-order valence-corrected chi connectivity index (χ2v) is 6.48. The Morgan fingerprint density at radius 2 is 2.29 bits per heavy atom. The molecule has 0 radical (unpaired) electrons. The largest absolute Gasteiger partial charge is 0.477 e. The van der Waals surface area contributed by atoms with Gasteiger partial charge in [-0.1, -0.05) is 11.6 Å². The minimum atomic E-state index is -0.954. The average Bonchev–Trinajstić information content (AvgIpc) is 2.82. The fraction of sp³-hybridized carbons (Fsp3) is 0.182. The minimum Gasteiger partial charge on any atom is -0.477 e. The van der Waals surface area contributed by atoms with E-state index in [-0.39, 0.29) is 5.69 Å². The monoisotopic (exact) mass is 333 g/mol. The maximum absolute atomic E-state index is 11.0. The van der Waals surface area contributed by atoms with Crippen molar-refractivity contribution < 1.29 is 9.90 Å². The van der Waals surface area contributed by atoms with Crippen LogP contribution < -0.4 is 0 Å². The smallest absolute Gasteiger partial charge is 0.352 e. The molecule has 90 valence electrons. The standard InChI is InChI=1S/C11H9BrClNO2S/c12-10-2-1-8(17-10)3-4-14-6-7(13)5-9(14)11(15)16/h1-2,5-6H,3-4H2,(H,15,16). The fourth-order valence-corrected chi connectivity index (χ4v) is 3.25. The van der Waals surface area contributed by atoms with Gasteiger partial charge in [-0.25, -0.2) is 4.79 Å². The lowest BCUT2D eigenvalue weighted by molar-refractivity contribution is 0.0685. The van der Waals surface area contributed by atoms with Crippen LogP contribution in [0.25, 0.3) is 0 Å². The number of carboxylic acid groups (broad SMARTS) is 1. The molecule has 2 heterocycles. The molecule has 0 aromatic carbocycles. The Kier molecular flexibility index (Phi) is 3.91. The Bertz CT molecular complexity index is 549. The van der Waals surface area contributed by atoms with Gasteiger partial charge in [-0.15, -0.1) is 11.3 Å². The molecule has 0 fully saturated rings. The van der Waals surface area contributed by atoms with Crippen LogP contribution in [0.1, 0.15) is 15.4 Å². The van der Waals surface area contributed by atoms with Crippen LogP contribution in [0.4, 0.5) is 0 Å². The summed E-state index contributed by atoms with van der Waals surface area (Å²) in [5.74, 6) is -0.954. The number of hydrogen-bond acceptors (Lipinski definition) is 2. The van der Waals surface area contributed by atoms with Crippen LogP contribution in [0.5, 0.6) is 0 Å². The third-order valence-electron chi connectivity index (χ3n) is 2.31. The van der Waals surface area contributed by atoms with Gasteiger partial charge >= 0.3 is 5.97 Å². The molecule has 0 aliphatic heterocycles. The summed E-state index contributed by atoms with van der Waals surface area (Å²) in [5, 5.41) is 9.45. The number of hydrogen-bond donors (Lipinski definition) is 1. The first-order chi connectivity index (χ1) is 8.06. The van der Waals surface area contributed by atoms with Gasteiger partial charge in [0, 0.05) is 17.6 Å². The summed E-state index contributed by atoms with van der Waals surface area (Å²) in [6.45, 7) is 0.612. The van der Waals surface area contributed by atoms with E-state index in [1.165, 1.54) is 10.9 Å². The highest BCUT2D eigenvalue weighted by Gasteiger charge is 2.11. The molecule has 6 heteroatoms. The summed E-state index contributed by atoms with van der Waals surface area (Å²) in [6, 6.07) is 5.48. The Hall–Kier alpha value is -0.780. The van der Waals surface area contributed by atoms with Crippen molar-refractivity contribution in [3.8, 4) is 0 Å². The highest BCUT2D eigenvalue weighted by Crippen LogP contribution is 2.23. The van der Waals surface area contributed by atoms with Gasteiger partial charge in [0.05, 0.1) is 8.81 Å². The van der Waals surface area contributed by atoms with Crippen molar-refractivity contribution in [1.29, 1.82) is 0 Å². The van der Waals surface area contributed by atoms with E-state index < -0.39 is 5.97 Å². The van der Waals surface area contributed by atoms with Gasteiger partial charge in [-0.05, 0) is 40.5 Å². The first-order valence-corrected chi connectivity index (χ1v) is 6.88. The van der Waals surface area contributed by atoms with Crippen molar-refractivity contribution >= 4 is 44.8 Å². The molecule has 0 saturated heterocycles. The number of thiophene rings is 1. The average molecular weight is 335 g/mol. The molecule has 0 amide bonds. The van der Waals surface area contributed by atoms with Crippen LogP contribution in [-0.2, 0) is 13.0 Å². The van der Waals surface area contributed by atoms with Gasteiger partial charge in [0.15, 0.2) is 0 Å². The van der Waals surface area contributed by atoms with E-state index in [0.717, 1.165) is 10.2 Å². The number of nitrogens with zero attached hydrogens (tertiary/aromatic N) is 1. The summed E-state index contributed by atoms with van der Waals surface area (Å²) in [4.78, 5) is 12.2. The predicted octanol–water partition coefficient (Wildman–Crippen LogP) is 3.91. The Labute approximate surface area is 116 Å². The van der Waals surface area contributed by atoms with E-state index in [0.29, 0.717) is 11.6 Å². The number of halogens is 2. The molecule has 1 N–H and O–H groups in total. The Balaban J connectivity index is 2.11. The molecular weight excluding hydrogens is 326 g/mol. The third kappa shape index (κ3) is 3.12. The molecule has 2 aromatic rings. The molecule has 0 aliphatic rings. The van der Waals surface area contributed by atoms with Crippen molar-refractivity contribution in [2.45, 2.75) is 13.0 Å². The lowest BCUT2D eigenvalue weighted by Gasteiger charge is -2.04. The first kappa shape index (κ1) is 12.7. The number of rotatable bonds is 4. The summed E-state index contributed by atoms with van der Waals surface area (Å²) in [6.07, 6.45) is 2.44. The van der Waals surface area contributed by atoms with Crippen molar-refractivity contribution in [1.82, 2.24) is 4.57 Å². The quantitative estimate of drug-likeness (QED) is 0.921. The number of carbonyl (C=O) groups is 1. The molecular formula is C11H9BrClNO2S. The summed E-state index contributed by atoms with van der Waals surface area (Å²) >= 11 is 10.9. The molecule has 0 saturated carbocycles. The van der Waals surface area contributed by atoms with Crippen molar-refractivity contribution in [2.75, 3.05) is 0 Å². The lowest BCUT2D eigenvalue weighted by atomic mass is 10.3. The fourth-order valence-electron chi connectivity index (χ4n) is 1.56. The maximum atomic E-state index is 11.0. The topological polar surface area (TPSA) is 42.2 Å². The van der Waals surface area contributed by atoms with Crippen molar-refractivity contribution in [2.24, 2.45) is 0 Å². The van der Waals surface area contributed by atoms with E-state index >= 15 is 0 Å². The third-order valence-corrected chi connectivity index (χ3v) is 4.20.